The van der Waals surface area contributed by atoms with Gasteiger partial charge < -0.3 is 4.74 Å². The number of unbranched alkanes of at least 4 members (excludes halogenated alkanes) is 4. The average molecular weight is 252 g/mol. The van der Waals surface area contributed by atoms with Crippen molar-refractivity contribution in [3.05, 3.63) is 0 Å². The highest BCUT2D eigenvalue weighted by atomic mass is 16.5. The first-order valence-corrected chi connectivity index (χ1v) is 7.92. The summed E-state index contributed by atoms with van der Waals surface area (Å²) in [6.45, 7) is 3.04. The molecule has 2 nitrogen and oxygen atoms in total. The first kappa shape index (κ1) is 14.0. The van der Waals surface area contributed by atoms with Crippen molar-refractivity contribution in [2.24, 2.45) is 5.92 Å². The molecule has 104 valence electrons. The third-order valence-electron chi connectivity index (χ3n) is 4.74. The number of carbonyl (C=O) groups excluding carboxylic acids is 1. The standard InChI is InChI=1S/C16H28O2/c1-2-3-4-5-6-8-15(17)14-9-12-18-16(13-14)10-7-11-16/h14H,2-13H2,1H3. The maximum Gasteiger partial charge on any atom is 0.136 e. The number of Topliss-reactive ketones (excluding diaryl/α,β-unsaturated/α-hetero) is 1. The van der Waals surface area contributed by atoms with E-state index in [0.717, 1.165) is 32.3 Å². The first-order valence-electron chi connectivity index (χ1n) is 7.92. The van der Waals surface area contributed by atoms with E-state index < -0.39 is 0 Å². The fourth-order valence-electron chi connectivity index (χ4n) is 3.33. The van der Waals surface area contributed by atoms with Crippen LogP contribution in [0.25, 0.3) is 0 Å². The number of carbonyl (C=O) groups is 1. The Morgan fingerprint density at radius 3 is 2.67 bits per heavy atom. The summed E-state index contributed by atoms with van der Waals surface area (Å²) in [6.07, 6.45) is 12.7. The fourth-order valence-corrected chi connectivity index (χ4v) is 3.33. The van der Waals surface area contributed by atoms with Gasteiger partial charge in [-0.1, -0.05) is 32.6 Å². The van der Waals surface area contributed by atoms with Gasteiger partial charge in [0.1, 0.15) is 5.78 Å². The zero-order valence-corrected chi connectivity index (χ0v) is 11.9. The average Bonchev–Trinajstić information content (AvgIpc) is 2.36. The number of hydrogen-bond acceptors (Lipinski definition) is 2. The molecular formula is C16H28O2. The zero-order chi connectivity index (χ0) is 12.8. The monoisotopic (exact) mass is 252 g/mol. The lowest BCUT2D eigenvalue weighted by Crippen LogP contribution is -2.47. The van der Waals surface area contributed by atoms with Crippen molar-refractivity contribution in [1.29, 1.82) is 0 Å². The lowest BCUT2D eigenvalue weighted by molar-refractivity contribution is -0.155. The Hall–Kier alpha value is -0.370. The Morgan fingerprint density at radius 1 is 1.22 bits per heavy atom. The predicted octanol–water partition coefficient (Wildman–Crippen LogP) is 4.27. The maximum atomic E-state index is 12.2. The molecule has 0 amide bonds. The molecule has 1 spiro atoms. The van der Waals surface area contributed by atoms with Crippen LogP contribution in [0.4, 0.5) is 0 Å². The molecule has 0 bridgehead atoms. The van der Waals surface area contributed by atoms with Crippen LogP contribution >= 0.6 is 0 Å². The number of hydrogen-bond donors (Lipinski definition) is 0. The van der Waals surface area contributed by atoms with Crippen molar-refractivity contribution in [3.63, 3.8) is 0 Å². The van der Waals surface area contributed by atoms with Crippen LogP contribution in [0.1, 0.15) is 77.6 Å². The highest BCUT2D eigenvalue weighted by Crippen LogP contribution is 2.44. The molecule has 1 aliphatic heterocycles. The van der Waals surface area contributed by atoms with Gasteiger partial charge in [0.15, 0.2) is 0 Å². The van der Waals surface area contributed by atoms with Crippen LogP contribution in [-0.2, 0) is 9.53 Å². The molecule has 18 heavy (non-hydrogen) atoms. The molecule has 2 rings (SSSR count). The molecule has 1 atom stereocenters. The fraction of sp³-hybridized carbons (Fsp3) is 0.938. The molecule has 1 aliphatic carbocycles. The molecule has 1 unspecified atom stereocenters. The molecular weight excluding hydrogens is 224 g/mol. The molecule has 0 radical (unpaired) electrons. The van der Waals surface area contributed by atoms with Gasteiger partial charge >= 0.3 is 0 Å². The molecule has 1 saturated heterocycles. The summed E-state index contributed by atoms with van der Waals surface area (Å²) in [6, 6.07) is 0. The van der Waals surface area contributed by atoms with Crippen LogP contribution in [0.2, 0.25) is 0 Å². The lowest BCUT2D eigenvalue weighted by Gasteiger charge is -2.46. The second-order valence-electron chi connectivity index (χ2n) is 6.21. The second-order valence-corrected chi connectivity index (χ2v) is 6.21. The third kappa shape index (κ3) is 3.57. The van der Waals surface area contributed by atoms with E-state index in [1.165, 1.54) is 44.9 Å². The number of ether oxygens (including phenoxy) is 1. The highest BCUT2D eigenvalue weighted by Gasteiger charge is 2.43. The van der Waals surface area contributed by atoms with E-state index in [4.69, 9.17) is 4.74 Å². The van der Waals surface area contributed by atoms with Crippen molar-refractivity contribution in [3.8, 4) is 0 Å². The summed E-state index contributed by atoms with van der Waals surface area (Å²) in [4.78, 5) is 12.2. The van der Waals surface area contributed by atoms with E-state index in [9.17, 15) is 4.79 Å². The lowest BCUT2D eigenvalue weighted by atomic mass is 9.71. The van der Waals surface area contributed by atoms with E-state index in [1.54, 1.807) is 0 Å². The topological polar surface area (TPSA) is 26.3 Å². The normalized spacial score (nSPS) is 25.9. The summed E-state index contributed by atoms with van der Waals surface area (Å²) in [7, 11) is 0. The smallest absolute Gasteiger partial charge is 0.136 e. The number of rotatable bonds is 7. The van der Waals surface area contributed by atoms with Gasteiger partial charge in [-0.25, -0.2) is 0 Å². The SMILES string of the molecule is CCCCCCCC(=O)C1CCOC2(CCC2)C1. The Balaban J connectivity index is 1.65. The maximum absolute atomic E-state index is 12.2. The van der Waals surface area contributed by atoms with Gasteiger partial charge in [-0.15, -0.1) is 0 Å². The van der Waals surface area contributed by atoms with Gasteiger partial charge in [0.25, 0.3) is 0 Å². The van der Waals surface area contributed by atoms with Crippen molar-refractivity contribution < 1.29 is 9.53 Å². The van der Waals surface area contributed by atoms with Crippen LogP contribution in [-0.4, -0.2) is 18.0 Å². The Kier molecular flexibility index (Phi) is 5.23. The van der Waals surface area contributed by atoms with Gasteiger partial charge in [0.05, 0.1) is 5.60 Å². The Bertz CT molecular complexity index is 268. The summed E-state index contributed by atoms with van der Waals surface area (Å²) < 4.78 is 5.89. The summed E-state index contributed by atoms with van der Waals surface area (Å²) in [5.41, 5.74) is 0.126. The van der Waals surface area contributed by atoms with Crippen molar-refractivity contribution in [1.82, 2.24) is 0 Å². The minimum Gasteiger partial charge on any atom is -0.375 e. The van der Waals surface area contributed by atoms with Crippen LogP contribution in [0, 0.1) is 5.92 Å². The van der Waals surface area contributed by atoms with Gasteiger partial charge in [0, 0.05) is 18.9 Å². The summed E-state index contributed by atoms with van der Waals surface area (Å²) in [5, 5.41) is 0. The molecule has 2 fully saturated rings. The molecule has 0 aromatic carbocycles. The van der Waals surface area contributed by atoms with Gasteiger partial charge in [-0.3, -0.25) is 4.79 Å². The molecule has 0 N–H and O–H groups in total. The van der Waals surface area contributed by atoms with Crippen LogP contribution in [0.15, 0.2) is 0 Å². The third-order valence-corrected chi connectivity index (χ3v) is 4.74. The first-order chi connectivity index (χ1) is 8.76. The van der Waals surface area contributed by atoms with Crippen molar-refractivity contribution in [2.45, 2.75) is 83.2 Å². The van der Waals surface area contributed by atoms with E-state index in [-0.39, 0.29) is 5.60 Å². The highest BCUT2D eigenvalue weighted by molar-refractivity contribution is 5.81. The molecule has 1 heterocycles. The molecule has 0 aromatic heterocycles. The summed E-state index contributed by atoms with van der Waals surface area (Å²) >= 11 is 0. The Labute approximate surface area is 111 Å². The molecule has 1 saturated carbocycles. The van der Waals surface area contributed by atoms with E-state index in [0.29, 0.717) is 11.7 Å². The second kappa shape index (κ2) is 6.70. The van der Waals surface area contributed by atoms with Gasteiger partial charge in [-0.2, -0.15) is 0 Å². The van der Waals surface area contributed by atoms with E-state index in [1.807, 2.05) is 0 Å². The van der Waals surface area contributed by atoms with Gasteiger partial charge in [0.2, 0.25) is 0 Å². The van der Waals surface area contributed by atoms with Crippen LogP contribution < -0.4 is 0 Å². The molecule has 2 heteroatoms. The largest absolute Gasteiger partial charge is 0.375 e. The molecule has 0 aromatic rings. The minimum atomic E-state index is 0.126. The summed E-state index contributed by atoms with van der Waals surface area (Å²) in [5.74, 6) is 0.825. The quantitative estimate of drug-likeness (QED) is 0.633. The number of ketones is 1. The van der Waals surface area contributed by atoms with Crippen molar-refractivity contribution >= 4 is 5.78 Å². The van der Waals surface area contributed by atoms with E-state index in [2.05, 4.69) is 6.92 Å². The Morgan fingerprint density at radius 2 is 2.00 bits per heavy atom. The van der Waals surface area contributed by atoms with E-state index >= 15 is 0 Å². The van der Waals surface area contributed by atoms with Crippen LogP contribution in [0.5, 0.6) is 0 Å². The van der Waals surface area contributed by atoms with Gasteiger partial charge in [-0.05, 0) is 38.5 Å². The van der Waals surface area contributed by atoms with Crippen molar-refractivity contribution in [2.75, 3.05) is 6.61 Å². The minimum absolute atomic E-state index is 0.126. The predicted molar refractivity (Wildman–Crippen MR) is 73.6 cm³/mol. The van der Waals surface area contributed by atoms with Crippen LogP contribution in [0.3, 0.4) is 0 Å². The molecule has 2 aliphatic rings. The zero-order valence-electron chi connectivity index (χ0n) is 11.9.